The highest BCUT2D eigenvalue weighted by atomic mass is 16.5. The molecular formula is C16H19N3O2. The summed E-state index contributed by atoms with van der Waals surface area (Å²) in [6.45, 7) is 2.37. The molecule has 2 aromatic rings. The van der Waals surface area contributed by atoms with Gasteiger partial charge in [0, 0.05) is 23.4 Å². The number of nitrogens with two attached hydrogens (primary N) is 1. The molecule has 1 aromatic carbocycles. The van der Waals surface area contributed by atoms with Gasteiger partial charge < -0.3 is 15.8 Å². The first-order chi connectivity index (χ1) is 10.1. The second kappa shape index (κ2) is 6.74. The average Bonchev–Trinajstić information content (AvgIpc) is 2.52. The van der Waals surface area contributed by atoms with Crippen molar-refractivity contribution in [3.05, 3.63) is 53.2 Å². The quantitative estimate of drug-likeness (QED) is 0.882. The van der Waals surface area contributed by atoms with Gasteiger partial charge in [0.15, 0.2) is 0 Å². The van der Waals surface area contributed by atoms with Crippen LogP contribution < -0.4 is 15.8 Å². The van der Waals surface area contributed by atoms with Crippen LogP contribution in [0.15, 0.2) is 36.4 Å². The highest BCUT2D eigenvalue weighted by Gasteiger charge is 2.09. The first kappa shape index (κ1) is 14.8. The molecule has 0 radical (unpaired) electrons. The zero-order valence-corrected chi connectivity index (χ0v) is 12.2. The molecule has 3 N–H and O–H groups in total. The number of nitrogens with one attached hydrogen (secondary N) is 1. The van der Waals surface area contributed by atoms with Crippen molar-refractivity contribution in [1.29, 1.82) is 0 Å². The Kier molecular flexibility index (Phi) is 4.77. The molecule has 110 valence electrons. The molecule has 0 fully saturated rings. The number of hydrogen-bond donors (Lipinski definition) is 2. The molecule has 5 nitrogen and oxygen atoms in total. The second-order valence-corrected chi connectivity index (χ2v) is 4.62. The topological polar surface area (TPSA) is 77.2 Å². The first-order valence-electron chi connectivity index (χ1n) is 6.80. The second-order valence-electron chi connectivity index (χ2n) is 4.62. The molecule has 0 unspecified atom stereocenters. The fourth-order valence-corrected chi connectivity index (χ4v) is 2.05. The summed E-state index contributed by atoms with van der Waals surface area (Å²) in [7, 11) is 1.61. The number of aryl methyl sites for hydroxylation is 1. The molecule has 21 heavy (non-hydrogen) atoms. The number of methoxy groups -OCH3 is 1. The van der Waals surface area contributed by atoms with Crippen LogP contribution in [-0.4, -0.2) is 18.0 Å². The van der Waals surface area contributed by atoms with Crippen LogP contribution in [0.5, 0.6) is 5.75 Å². The number of rotatable bonds is 5. The number of nitrogens with zero attached hydrogens (tertiary/aromatic N) is 1. The minimum atomic E-state index is -0.176. The Balaban J connectivity index is 2.10. The zero-order chi connectivity index (χ0) is 15.2. The van der Waals surface area contributed by atoms with Crippen LogP contribution in [0, 0.1) is 0 Å². The number of hydrogen-bond acceptors (Lipinski definition) is 4. The molecule has 0 aliphatic rings. The van der Waals surface area contributed by atoms with Gasteiger partial charge in [-0.05, 0) is 24.6 Å². The van der Waals surface area contributed by atoms with Crippen molar-refractivity contribution in [3.63, 3.8) is 0 Å². The van der Waals surface area contributed by atoms with Gasteiger partial charge in [0.25, 0.3) is 5.91 Å². The number of aromatic nitrogens is 1. The largest absolute Gasteiger partial charge is 0.496 e. The van der Waals surface area contributed by atoms with Gasteiger partial charge >= 0.3 is 0 Å². The molecule has 0 atom stereocenters. The number of nitrogen functional groups attached to an aromatic ring is 1. The van der Waals surface area contributed by atoms with Crippen molar-refractivity contribution < 1.29 is 9.53 Å². The van der Waals surface area contributed by atoms with E-state index in [1.807, 2.05) is 31.2 Å². The number of amides is 1. The number of carbonyl (C=O) groups excluding carboxylic acids is 1. The number of ether oxygens (including phenoxy) is 1. The number of carbonyl (C=O) groups is 1. The highest BCUT2D eigenvalue weighted by molar-refractivity contribution is 5.94. The fourth-order valence-electron chi connectivity index (χ4n) is 2.05. The number of para-hydroxylation sites is 1. The van der Waals surface area contributed by atoms with Gasteiger partial charge in [0.1, 0.15) is 11.6 Å². The maximum absolute atomic E-state index is 12.2. The Morgan fingerprint density at radius 3 is 2.81 bits per heavy atom. The molecule has 2 rings (SSSR count). The van der Waals surface area contributed by atoms with Crippen molar-refractivity contribution in [2.24, 2.45) is 0 Å². The van der Waals surface area contributed by atoms with Gasteiger partial charge in [-0.2, -0.15) is 0 Å². The van der Waals surface area contributed by atoms with Crippen LogP contribution in [0.25, 0.3) is 0 Å². The molecule has 0 saturated heterocycles. The molecule has 5 heteroatoms. The van der Waals surface area contributed by atoms with E-state index in [4.69, 9.17) is 10.5 Å². The molecule has 0 aliphatic carbocycles. The van der Waals surface area contributed by atoms with Gasteiger partial charge in [-0.15, -0.1) is 0 Å². The Morgan fingerprint density at radius 1 is 1.33 bits per heavy atom. The fraction of sp³-hybridized carbons (Fsp3) is 0.250. The lowest BCUT2D eigenvalue weighted by Crippen LogP contribution is -2.23. The minimum absolute atomic E-state index is 0.176. The lowest BCUT2D eigenvalue weighted by molar-refractivity contribution is 0.0950. The molecule has 0 aliphatic heterocycles. The summed E-state index contributed by atoms with van der Waals surface area (Å²) in [5.41, 5.74) is 7.96. The maximum Gasteiger partial charge on any atom is 0.251 e. The van der Waals surface area contributed by atoms with Crippen LogP contribution >= 0.6 is 0 Å². The summed E-state index contributed by atoms with van der Waals surface area (Å²) in [6.07, 6.45) is 0.734. The van der Waals surface area contributed by atoms with Crippen LogP contribution in [-0.2, 0) is 13.0 Å². The summed E-state index contributed by atoms with van der Waals surface area (Å²) in [6, 6.07) is 10.9. The summed E-state index contributed by atoms with van der Waals surface area (Å²) in [4.78, 5) is 16.4. The van der Waals surface area contributed by atoms with E-state index in [9.17, 15) is 4.79 Å². The maximum atomic E-state index is 12.2. The van der Waals surface area contributed by atoms with E-state index in [-0.39, 0.29) is 5.91 Å². The predicted molar refractivity (Wildman–Crippen MR) is 82.2 cm³/mol. The lowest BCUT2D eigenvalue weighted by Gasteiger charge is -2.10. The SMILES string of the molecule is CCc1cc(C(=O)NCc2ccccc2OC)cc(N)n1. The third kappa shape index (κ3) is 3.72. The van der Waals surface area contributed by atoms with Gasteiger partial charge in [0.05, 0.1) is 7.11 Å². The third-order valence-corrected chi connectivity index (χ3v) is 3.15. The first-order valence-corrected chi connectivity index (χ1v) is 6.80. The van der Waals surface area contributed by atoms with Crippen molar-refractivity contribution in [2.75, 3.05) is 12.8 Å². The third-order valence-electron chi connectivity index (χ3n) is 3.15. The van der Waals surface area contributed by atoms with E-state index >= 15 is 0 Å². The summed E-state index contributed by atoms with van der Waals surface area (Å²) in [5, 5.41) is 2.87. The van der Waals surface area contributed by atoms with Gasteiger partial charge in [-0.1, -0.05) is 25.1 Å². The van der Waals surface area contributed by atoms with Crippen molar-refractivity contribution in [1.82, 2.24) is 10.3 Å². The van der Waals surface area contributed by atoms with Crippen molar-refractivity contribution in [2.45, 2.75) is 19.9 Å². The molecular weight excluding hydrogens is 266 g/mol. The van der Waals surface area contributed by atoms with Crippen LogP contribution in [0.2, 0.25) is 0 Å². The number of anilines is 1. The normalized spacial score (nSPS) is 10.2. The molecule has 0 saturated carbocycles. The Hall–Kier alpha value is -2.56. The highest BCUT2D eigenvalue weighted by Crippen LogP contribution is 2.17. The smallest absolute Gasteiger partial charge is 0.251 e. The van der Waals surface area contributed by atoms with Crippen LogP contribution in [0.4, 0.5) is 5.82 Å². The van der Waals surface area contributed by atoms with Gasteiger partial charge in [-0.25, -0.2) is 4.98 Å². The van der Waals surface area contributed by atoms with E-state index in [1.165, 1.54) is 0 Å². The summed E-state index contributed by atoms with van der Waals surface area (Å²) >= 11 is 0. The Morgan fingerprint density at radius 2 is 2.10 bits per heavy atom. The zero-order valence-electron chi connectivity index (χ0n) is 12.2. The molecule has 1 aromatic heterocycles. The molecule has 0 bridgehead atoms. The van der Waals surface area contributed by atoms with E-state index in [1.54, 1.807) is 19.2 Å². The molecule has 1 heterocycles. The molecule has 0 spiro atoms. The number of benzene rings is 1. The Labute approximate surface area is 124 Å². The number of pyridine rings is 1. The average molecular weight is 285 g/mol. The van der Waals surface area contributed by atoms with Gasteiger partial charge in [0.2, 0.25) is 0 Å². The Bertz CT molecular complexity index is 641. The lowest BCUT2D eigenvalue weighted by atomic mass is 10.1. The summed E-state index contributed by atoms with van der Waals surface area (Å²) < 4.78 is 5.26. The van der Waals surface area contributed by atoms with Crippen molar-refractivity contribution >= 4 is 11.7 Å². The van der Waals surface area contributed by atoms with E-state index in [2.05, 4.69) is 10.3 Å². The van der Waals surface area contributed by atoms with Gasteiger partial charge in [-0.3, -0.25) is 4.79 Å². The summed E-state index contributed by atoms with van der Waals surface area (Å²) in [5.74, 6) is 0.933. The van der Waals surface area contributed by atoms with Crippen LogP contribution in [0.1, 0.15) is 28.5 Å². The molecule has 1 amide bonds. The standard InChI is InChI=1S/C16H19N3O2/c1-3-13-8-12(9-15(17)19-13)16(20)18-10-11-6-4-5-7-14(11)21-2/h4-9H,3,10H2,1-2H3,(H2,17,19)(H,18,20). The predicted octanol–water partition coefficient (Wildman–Crippen LogP) is 2.16. The monoisotopic (exact) mass is 285 g/mol. The van der Waals surface area contributed by atoms with E-state index < -0.39 is 0 Å². The van der Waals surface area contributed by atoms with E-state index in [0.29, 0.717) is 17.9 Å². The van der Waals surface area contributed by atoms with Crippen molar-refractivity contribution in [3.8, 4) is 5.75 Å². The minimum Gasteiger partial charge on any atom is -0.496 e. The van der Waals surface area contributed by atoms with Crippen LogP contribution in [0.3, 0.4) is 0 Å². The van der Waals surface area contributed by atoms with E-state index in [0.717, 1.165) is 23.4 Å².